The molecule has 0 aliphatic carbocycles. The minimum absolute atomic E-state index is 0.137. The van der Waals surface area contributed by atoms with Gasteiger partial charge in [-0.25, -0.2) is 4.79 Å². The van der Waals surface area contributed by atoms with Crippen LogP contribution in [0.2, 0.25) is 0 Å². The van der Waals surface area contributed by atoms with E-state index < -0.39 is 5.54 Å². The Morgan fingerprint density at radius 2 is 2.12 bits per heavy atom. The molecule has 132 valence electrons. The average molecular weight is 343 g/mol. The highest BCUT2D eigenvalue weighted by molar-refractivity contribution is 5.86. The average Bonchev–Trinajstić information content (AvgIpc) is 3.18. The number of ether oxygens (including phenoxy) is 4. The summed E-state index contributed by atoms with van der Waals surface area (Å²) >= 11 is 0. The number of hydrogen-bond acceptors (Lipinski definition) is 6. The molecule has 1 aromatic carbocycles. The quantitative estimate of drug-likeness (QED) is 0.619. The fourth-order valence-electron chi connectivity index (χ4n) is 5.04. The van der Waals surface area contributed by atoms with E-state index in [1.165, 1.54) is 0 Å². The molecule has 3 atom stereocenters. The van der Waals surface area contributed by atoms with Gasteiger partial charge in [0, 0.05) is 25.1 Å². The summed E-state index contributed by atoms with van der Waals surface area (Å²) in [5.74, 6) is 1.14. The second-order valence-electron chi connectivity index (χ2n) is 7.23. The number of esters is 1. The lowest BCUT2D eigenvalue weighted by molar-refractivity contribution is -0.175. The van der Waals surface area contributed by atoms with Crippen LogP contribution in [-0.4, -0.2) is 50.0 Å². The molecule has 25 heavy (non-hydrogen) atoms. The Morgan fingerprint density at radius 3 is 2.88 bits per heavy atom. The zero-order chi connectivity index (χ0) is 17.2. The molecule has 0 saturated carbocycles. The van der Waals surface area contributed by atoms with E-state index in [0.29, 0.717) is 12.4 Å². The van der Waals surface area contributed by atoms with Crippen LogP contribution >= 0.6 is 0 Å². The second kappa shape index (κ2) is 5.22. The Labute approximate surface area is 146 Å². The Hall–Kier alpha value is -2.05. The Bertz CT molecular complexity index is 775. The molecule has 0 amide bonds. The molecule has 1 unspecified atom stereocenters. The number of hydrogen-bond donors (Lipinski definition) is 0. The lowest BCUT2D eigenvalue weighted by Crippen LogP contribution is -2.59. The first kappa shape index (κ1) is 15.2. The summed E-state index contributed by atoms with van der Waals surface area (Å²) in [5.41, 5.74) is 2.29. The van der Waals surface area contributed by atoms with Crippen LogP contribution in [0.15, 0.2) is 24.3 Å². The highest BCUT2D eigenvalue weighted by atomic mass is 16.7. The van der Waals surface area contributed by atoms with E-state index in [9.17, 15) is 4.79 Å². The van der Waals surface area contributed by atoms with Crippen molar-refractivity contribution in [3.8, 4) is 11.5 Å². The maximum atomic E-state index is 13.1. The number of fused-ring (bicyclic) bond motifs is 2. The number of carbonyl (C=O) groups is 1. The maximum absolute atomic E-state index is 13.1. The normalized spacial score (nSPS) is 32.1. The van der Waals surface area contributed by atoms with Crippen LogP contribution in [0.3, 0.4) is 0 Å². The Morgan fingerprint density at radius 1 is 1.36 bits per heavy atom. The fraction of sp³-hybridized carbons (Fsp3) is 0.526. The van der Waals surface area contributed by atoms with Crippen molar-refractivity contribution >= 4 is 5.97 Å². The fourth-order valence-corrected chi connectivity index (χ4v) is 5.04. The number of rotatable bonds is 3. The molecule has 5 heterocycles. The Kier molecular flexibility index (Phi) is 3.18. The molecule has 1 spiro atoms. The van der Waals surface area contributed by atoms with Crippen LogP contribution in [0, 0.1) is 0 Å². The summed E-state index contributed by atoms with van der Waals surface area (Å²) in [5, 5.41) is 0. The molecular weight excluding hydrogens is 322 g/mol. The van der Waals surface area contributed by atoms with Crippen LogP contribution in [0.4, 0.5) is 0 Å². The summed E-state index contributed by atoms with van der Waals surface area (Å²) in [7, 11) is 1.66. The van der Waals surface area contributed by atoms with Gasteiger partial charge < -0.3 is 18.9 Å². The van der Waals surface area contributed by atoms with Gasteiger partial charge in [0.25, 0.3) is 0 Å². The van der Waals surface area contributed by atoms with Gasteiger partial charge in [-0.15, -0.1) is 0 Å². The van der Waals surface area contributed by atoms with Gasteiger partial charge in [-0.1, -0.05) is 6.58 Å². The van der Waals surface area contributed by atoms with Gasteiger partial charge in [-0.2, -0.15) is 0 Å². The summed E-state index contributed by atoms with van der Waals surface area (Å²) in [6, 6.07) is 3.99. The number of carbonyl (C=O) groups excluding carboxylic acids is 1. The molecule has 5 aliphatic heterocycles. The van der Waals surface area contributed by atoms with Crippen molar-refractivity contribution in [2.24, 2.45) is 0 Å². The first-order valence-electron chi connectivity index (χ1n) is 8.71. The summed E-state index contributed by atoms with van der Waals surface area (Å²) in [4.78, 5) is 15.4. The zero-order valence-electron chi connectivity index (χ0n) is 14.2. The van der Waals surface area contributed by atoms with Crippen LogP contribution in [0.1, 0.15) is 36.0 Å². The molecule has 2 bridgehead atoms. The standard InChI is InChI=1S/C19H21NO5/c1-11(9-22-2)17-13-7-15-14(23-10-24-15)6-12(13)16-8-20-5-3-4-19(17,20)18(21)25-16/h6-7,16-17H,1,3-5,8-10H2,2H3/t16-,17-,19?/m0/s1. The number of nitrogens with zero attached hydrogens (tertiary/aromatic N) is 1. The molecule has 0 aromatic heterocycles. The summed E-state index contributed by atoms with van der Waals surface area (Å²) in [6.07, 6.45) is 1.49. The molecule has 6 nitrogen and oxygen atoms in total. The molecular formula is C19H21NO5. The van der Waals surface area contributed by atoms with E-state index >= 15 is 0 Å². The van der Waals surface area contributed by atoms with Gasteiger partial charge in [0.2, 0.25) is 6.79 Å². The van der Waals surface area contributed by atoms with Crippen LogP contribution in [0.5, 0.6) is 11.5 Å². The van der Waals surface area contributed by atoms with Crippen LogP contribution in [-0.2, 0) is 14.3 Å². The molecule has 2 saturated heterocycles. The van der Waals surface area contributed by atoms with Crippen LogP contribution in [0.25, 0.3) is 0 Å². The predicted octanol–water partition coefficient (Wildman–Crippen LogP) is 2.15. The van der Waals surface area contributed by atoms with E-state index in [0.717, 1.165) is 48.4 Å². The lowest BCUT2D eigenvalue weighted by Gasteiger charge is -2.44. The third-order valence-corrected chi connectivity index (χ3v) is 5.99. The van der Waals surface area contributed by atoms with E-state index in [2.05, 4.69) is 11.5 Å². The highest BCUT2D eigenvalue weighted by Crippen LogP contribution is 2.56. The monoisotopic (exact) mass is 343 g/mol. The van der Waals surface area contributed by atoms with Crippen molar-refractivity contribution in [2.45, 2.75) is 30.4 Å². The molecule has 6 heteroatoms. The van der Waals surface area contributed by atoms with Crippen molar-refractivity contribution in [1.29, 1.82) is 0 Å². The predicted molar refractivity (Wildman–Crippen MR) is 88.7 cm³/mol. The van der Waals surface area contributed by atoms with E-state index in [1.807, 2.05) is 12.1 Å². The second-order valence-corrected chi connectivity index (χ2v) is 7.23. The van der Waals surface area contributed by atoms with Crippen molar-refractivity contribution in [3.05, 3.63) is 35.4 Å². The third kappa shape index (κ3) is 1.89. The zero-order valence-corrected chi connectivity index (χ0v) is 14.2. The molecule has 1 aromatic rings. The Balaban J connectivity index is 1.75. The van der Waals surface area contributed by atoms with Crippen molar-refractivity contribution in [3.63, 3.8) is 0 Å². The SMILES string of the molecule is C=C(COC)[C@H]1c2cc3c(cc2[C@@H]2CN4CCCC14C(=O)O2)OCO3. The molecule has 0 radical (unpaired) electrons. The highest BCUT2D eigenvalue weighted by Gasteiger charge is 2.61. The first-order chi connectivity index (χ1) is 12.1. The smallest absolute Gasteiger partial charge is 0.328 e. The van der Waals surface area contributed by atoms with Gasteiger partial charge in [-0.3, -0.25) is 4.90 Å². The van der Waals surface area contributed by atoms with E-state index in [-0.39, 0.29) is 24.8 Å². The molecule has 2 fully saturated rings. The topological polar surface area (TPSA) is 57.2 Å². The first-order valence-corrected chi connectivity index (χ1v) is 8.71. The van der Waals surface area contributed by atoms with Gasteiger partial charge in [-0.05, 0) is 42.7 Å². The summed E-state index contributed by atoms with van der Waals surface area (Å²) in [6.45, 7) is 6.53. The number of benzene rings is 1. The van der Waals surface area contributed by atoms with Gasteiger partial charge in [0.05, 0.1) is 6.61 Å². The number of methoxy groups -OCH3 is 1. The van der Waals surface area contributed by atoms with Gasteiger partial charge >= 0.3 is 5.97 Å². The number of morpholine rings is 1. The van der Waals surface area contributed by atoms with E-state index in [4.69, 9.17) is 18.9 Å². The molecule has 5 aliphatic rings. The van der Waals surface area contributed by atoms with Gasteiger partial charge in [0.1, 0.15) is 11.6 Å². The third-order valence-electron chi connectivity index (χ3n) is 5.99. The molecule has 6 rings (SSSR count). The van der Waals surface area contributed by atoms with Crippen LogP contribution < -0.4 is 9.47 Å². The minimum atomic E-state index is -0.676. The maximum Gasteiger partial charge on any atom is 0.328 e. The van der Waals surface area contributed by atoms with Crippen molar-refractivity contribution < 1.29 is 23.7 Å². The van der Waals surface area contributed by atoms with Crippen molar-refractivity contribution in [2.75, 3.05) is 33.6 Å². The van der Waals surface area contributed by atoms with Gasteiger partial charge in [0.15, 0.2) is 11.5 Å². The molecule has 0 N–H and O–H groups in total. The summed E-state index contributed by atoms with van der Waals surface area (Å²) < 4.78 is 22.4. The largest absolute Gasteiger partial charge is 0.455 e. The minimum Gasteiger partial charge on any atom is -0.455 e. The lowest BCUT2D eigenvalue weighted by atomic mass is 9.73. The van der Waals surface area contributed by atoms with Crippen molar-refractivity contribution in [1.82, 2.24) is 4.90 Å². The van der Waals surface area contributed by atoms with E-state index in [1.54, 1.807) is 7.11 Å².